The van der Waals surface area contributed by atoms with E-state index in [0.717, 1.165) is 22.6 Å². The zero-order valence-corrected chi connectivity index (χ0v) is 16.1. The molecule has 4 rings (SSSR count). The van der Waals surface area contributed by atoms with E-state index in [1.165, 1.54) is 0 Å². The molecule has 0 amide bonds. The molecule has 30 heavy (non-hydrogen) atoms. The van der Waals surface area contributed by atoms with Gasteiger partial charge in [0.15, 0.2) is 0 Å². The first kappa shape index (κ1) is 18.9. The highest BCUT2D eigenvalue weighted by atomic mass is 16.3. The summed E-state index contributed by atoms with van der Waals surface area (Å²) in [5, 5.41) is 13.5. The van der Waals surface area contributed by atoms with Crippen molar-refractivity contribution >= 4 is 12.2 Å². The highest BCUT2D eigenvalue weighted by molar-refractivity contribution is 5.81. The normalized spacial score (nSPS) is 10.8. The highest BCUT2D eigenvalue weighted by Crippen LogP contribution is 2.22. The summed E-state index contributed by atoms with van der Waals surface area (Å²) in [5.74, 6) is 1.82. The molecule has 0 atom stereocenters. The summed E-state index contributed by atoms with van der Waals surface area (Å²) in [6, 6.07) is 22.5. The molecule has 0 radical (unpaired) electrons. The van der Waals surface area contributed by atoms with Gasteiger partial charge in [-0.05, 0) is 24.6 Å². The Balaban J connectivity index is 1.54. The van der Waals surface area contributed by atoms with Crippen LogP contribution in [-0.2, 0) is 0 Å². The summed E-state index contributed by atoms with van der Waals surface area (Å²) in [4.78, 5) is 19.1. The number of H-pyrrole nitrogens is 1. The van der Waals surface area contributed by atoms with Gasteiger partial charge in [0.1, 0.15) is 23.2 Å². The monoisotopic (exact) mass is 395 g/mol. The van der Waals surface area contributed by atoms with Gasteiger partial charge < -0.3 is 4.42 Å². The lowest BCUT2D eigenvalue weighted by molar-refractivity contribution is 0.548. The fraction of sp³-hybridized carbons (Fsp3) is 0.0435. The summed E-state index contributed by atoms with van der Waals surface area (Å²) in [7, 11) is 0. The summed E-state index contributed by atoms with van der Waals surface area (Å²) < 4.78 is 5.62. The molecule has 2 aromatic heterocycles. The van der Waals surface area contributed by atoms with E-state index in [2.05, 4.69) is 20.5 Å². The third-order valence-electron chi connectivity index (χ3n) is 4.40. The molecule has 0 bridgehead atoms. The van der Waals surface area contributed by atoms with Crippen LogP contribution in [0.4, 0.5) is 5.95 Å². The van der Waals surface area contributed by atoms with Crippen molar-refractivity contribution < 1.29 is 4.42 Å². The molecule has 146 valence electrons. The summed E-state index contributed by atoms with van der Waals surface area (Å²) in [6.07, 6.45) is 1.61. The number of aryl methyl sites for hydroxylation is 1. The predicted molar refractivity (Wildman–Crippen MR) is 115 cm³/mol. The molecule has 2 N–H and O–H groups in total. The zero-order valence-electron chi connectivity index (χ0n) is 16.1. The van der Waals surface area contributed by atoms with Gasteiger partial charge in [0.25, 0.3) is 5.56 Å². The molecule has 0 aliphatic rings. The minimum Gasteiger partial charge on any atom is -0.461 e. The fourth-order valence-corrected chi connectivity index (χ4v) is 2.93. The summed E-state index contributed by atoms with van der Waals surface area (Å²) in [5.41, 5.74) is 4.96. The predicted octanol–water partition coefficient (Wildman–Crippen LogP) is 4.32. The molecule has 2 aromatic carbocycles. The number of hydrogen-bond donors (Lipinski definition) is 2. The molecular formula is C23H17N5O2. The number of aromatic amines is 1. The van der Waals surface area contributed by atoms with Crippen molar-refractivity contribution in [1.82, 2.24) is 9.97 Å². The number of furan rings is 1. The Bertz CT molecular complexity index is 1300. The Hall–Kier alpha value is -4.44. The second-order valence-corrected chi connectivity index (χ2v) is 6.52. The van der Waals surface area contributed by atoms with Crippen molar-refractivity contribution in [1.29, 1.82) is 5.26 Å². The van der Waals surface area contributed by atoms with Crippen molar-refractivity contribution in [3.8, 4) is 28.7 Å². The lowest BCUT2D eigenvalue weighted by Crippen LogP contribution is -2.16. The molecule has 2 heterocycles. The van der Waals surface area contributed by atoms with Crippen molar-refractivity contribution in [2.45, 2.75) is 6.92 Å². The van der Waals surface area contributed by atoms with E-state index >= 15 is 0 Å². The second-order valence-electron chi connectivity index (χ2n) is 6.52. The SMILES string of the molecule is Cc1ccc(-c2ccc(C=NNc3nc(-c4ccccc4)c(C#N)c(=O)[nH]3)cc2)o1. The maximum atomic E-state index is 12.3. The van der Waals surface area contributed by atoms with Crippen molar-refractivity contribution in [2.75, 3.05) is 5.43 Å². The Kier molecular flexibility index (Phi) is 5.22. The van der Waals surface area contributed by atoms with Gasteiger partial charge >= 0.3 is 0 Å². The Labute approximate surface area is 172 Å². The Morgan fingerprint density at radius 2 is 1.83 bits per heavy atom. The number of nitrogens with one attached hydrogen (secondary N) is 2. The van der Waals surface area contributed by atoms with E-state index in [-0.39, 0.29) is 11.5 Å². The molecule has 7 nitrogen and oxygen atoms in total. The van der Waals surface area contributed by atoms with E-state index in [0.29, 0.717) is 11.3 Å². The number of hydrogen-bond acceptors (Lipinski definition) is 6. The minimum atomic E-state index is -0.526. The zero-order chi connectivity index (χ0) is 20.9. The van der Waals surface area contributed by atoms with Crippen LogP contribution in [0, 0.1) is 18.3 Å². The van der Waals surface area contributed by atoms with Crippen LogP contribution in [-0.4, -0.2) is 16.2 Å². The number of rotatable bonds is 5. The molecule has 0 unspecified atom stereocenters. The van der Waals surface area contributed by atoms with E-state index in [9.17, 15) is 10.1 Å². The number of benzene rings is 2. The number of aromatic nitrogens is 2. The molecule has 4 aromatic rings. The van der Waals surface area contributed by atoms with Crippen molar-refractivity contribution in [2.24, 2.45) is 5.10 Å². The van der Waals surface area contributed by atoms with Crippen LogP contribution in [0.25, 0.3) is 22.6 Å². The van der Waals surface area contributed by atoms with Gasteiger partial charge in [0, 0.05) is 11.1 Å². The lowest BCUT2D eigenvalue weighted by atomic mass is 10.1. The molecule has 0 spiro atoms. The third kappa shape index (κ3) is 4.03. The van der Waals surface area contributed by atoms with Crippen LogP contribution < -0.4 is 11.0 Å². The molecule has 0 aliphatic carbocycles. The van der Waals surface area contributed by atoms with Crippen LogP contribution in [0.2, 0.25) is 0 Å². The minimum absolute atomic E-state index is 0.0421. The van der Waals surface area contributed by atoms with E-state index in [1.54, 1.807) is 18.3 Å². The first-order valence-electron chi connectivity index (χ1n) is 9.20. The highest BCUT2D eigenvalue weighted by Gasteiger charge is 2.12. The van der Waals surface area contributed by atoms with Gasteiger partial charge in [-0.1, -0.05) is 54.6 Å². The van der Waals surface area contributed by atoms with Gasteiger partial charge in [0.05, 0.1) is 11.9 Å². The maximum Gasteiger partial charge on any atom is 0.270 e. The smallest absolute Gasteiger partial charge is 0.270 e. The average Bonchev–Trinajstić information content (AvgIpc) is 3.21. The number of anilines is 1. The standard InChI is InChI=1S/C23H17N5O2/c1-15-7-12-20(30-15)17-10-8-16(9-11-17)14-25-28-23-26-21(18-5-3-2-4-6-18)19(13-24)22(29)27-23/h2-12,14H,1H3,(H2,26,27,28,29). The van der Waals surface area contributed by atoms with Crippen LogP contribution in [0.1, 0.15) is 16.9 Å². The van der Waals surface area contributed by atoms with Crippen LogP contribution in [0.3, 0.4) is 0 Å². The number of hydrazone groups is 1. The van der Waals surface area contributed by atoms with E-state index in [1.807, 2.05) is 67.6 Å². The van der Waals surface area contributed by atoms with Gasteiger partial charge in [-0.25, -0.2) is 10.4 Å². The molecule has 0 aliphatic heterocycles. The van der Waals surface area contributed by atoms with Gasteiger partial charge in [-0.2, -0.15) is 10.4 Å². The number of nitriles is 1. The molecule has 0 saturated carbocycles. The molecule has 7 heteroatoms. The van der Waals surface area contributed by atoms with Gasteiger partial charge in [-0.15, -0.1) is 0 Å². The largest absolute Gasteiger partial charge is 0.461 e. The lowest BCUT2D eigenvalue weighted by Gasteiger charge is -2.06. The summed E-state index contributed by atoms with van der Waals surface area (Å²) >= 11 is 0. The van der Waals surface area contributed by atoms with Crippen LogP contribution in [0.5, 0.6) is 0 Å². The van der Waals surface area contributed by atoms with Crippen LogP contribution >= 0.6 is 0 Å². The third-order valence-corrected chi connectivity index (χ3v) is 4.40. The maximum absolute atomic E-state index is 12.3. The van der Waals surface area contributed by atoms with Gasteiger partial charge in [-0.3, -0.25) is 9.78 Å². The topological polar surface area (TPSA) is 107 Å². The Morgan fingerprint density at radius 3 is 2.50 bits per heavy atom. The number of nitrogens with zero attached hydrogens (tertiary/aromatic N) is 3. The fourth-order valence-electron chi connectivity index (χ4n) is 2.93. The first-order valence-corrected chi connectivity index (χ1v) is 9.20. The Morgan fingerprint density at radius 1 is 1.07 bits per heavy atom. The first-order chi connectivity index (χ1) is 14.6. The molecule has 0 saturated heterocycles. The van der Waals surface area contributed by atoms with E-state index in [4.69, 9.17) is 4.42 Å². The van der Waals surface area contributed by atoms with Crippen LogP contribution in [0.15, 0.2) is 81.0 Å². The average molecular weight is 395 g/mol. The van der Waals surface area contributed by atoms with E-state index < -0.39 is 5.56 Å². The quantitative estimate of drug-likeness (QED) is 0.386. The van der Waals surface area contributed by atoms with Crippen molar-refractivity contribution in [3.05, 3.63) is 94.0 Å². The second kappa shape index (κ2) is 8.29. The summed E-state index contributed by atoms with van der Waals surface area (Å²) in [6.45, 7) is 1.90. The van der Waals surface area contributed by atoms with Gasteiger partial charge in [0.2, 0.25) is 5.95 Å². The molecular weight excluding hydrogens is 378 g/mol. The molecule has 0 fully saturated rings. The van der Waals surface area contributed by atoms with Crippen molar-refractivity contribution in [3.63, 3.8) is 0 Å².